The number of anilines is 1. The number of hydrogen-bond donors (Lipinski definition) is 1. The van der Waals surface area contributed by atoms with Crippen LogP contribution in [0.5, 0.6) is 0 Å². The van der Waals surface area contributed by atoms with Crippen LogP contribution in [0.3, 0.4) is 0 Å². The van der Waals surface area contributed by atoms with E-state index in [-0.39, 0.29) is 17.3 Å². The van der Waals surface area contributed by atoms with E-state index in [1.54, 1.807) is 13.8 Å². The molecular formula is C21H21N3O4S. The third kappa shape index (κ3) is 4.12. The second-order valence-electron chi connectivity index (χ2n) is 6.54. The van der Waals surface area contributed by atoms with Gasteiger partial charge in [-0.05, 0) is 32.4 Å². The number of fused-ring (bicyclic) bond motifs is 1. The molecule has 2 aromatic heterocycles. The van der Waals surface area contributed by atoms with E-state index in [4.69, 9.17) is 4.74 Å². The van der Waals surface area contributed by atoms with Crippen molar-refractivity contribution in [1.82, 2.24) is 9.55 Å². The van der Waals surface area contributed by atoms with E-state index < -0.39 is 17.9 Å². The number of esters is 1. The summed E-state index contributed by atoms with van der Waals surface area (Å²) in [7, 11) is 0. The molecule has 0 aliphatic heterocycles. The van der Waals surface area contributed by atoms with E-state index in [1.807, 2.05) is 31.2 Å². The average molecular weight is 411 g/mol. The van der Waals surface area contributed by atoms with Gasteiger partial charge in [0.25, 0.3) is 5.56 Å². The van der Waals surface area contributed by atoms with E-state index in [1.165, 1.54) is 16.7 Å². The molecule has 7 nitrogen and oxygen atoms in total. The number of pyridine rings is 1. The molecule has 0 aliphatic rings. The lowest BCUT2D eigenvalue weighted by Crippen LogP contribution is -2.31. The number of para-hydroxylation sites is 1. The fourth-order valence-electron chi connectivity index (χ4n) is 3.03. The van der Waals surface area contributed by atoms with Gasteiger partial charge in [0.2, 0.25) is 5.91 Å². The Hall–Kier alpha value is -3.26. The lowest BCUT2D eigenvalue weighted by atomic mass is 10.1. The molecule has 1 N–H and O–H groups in total. The van der Waals surface area contributed by atoms with Gasteiger partial charge in [-0.1, -0.05) is 42.2 Å². The molecule has 1 atom stereocenters. The maximum absolute atomic E-state index is 12.8. The molecule has 0 saturated carbocycles. The van der Waals surface area contributed by atoms with Crippen molar-refractivity contribution in [3.8, 4) is 0 Å². The van der Waals surface area contributed by atoms with Crippen LogP contribution in [0, 0.1) is 13.8 Å². The smallest absolute Gasteiger partial charge is 0.350 e. The van der Waals surface area contributed by atoms with E-state index in [2.05, 4.69) is 16.9 Å². The molecule has 1 amide bonds. The first-order valence-corrected chi connectivity index (χ1v) is 9.82. The largest absolute Gasteiger partial charge is 0.457 e. The molecule has 8 heteroatoms. The third-order valence-electron chi connectivity index (χ3n) is 4.48. The van der Waals surface area contributed by atoms with Crippen LogP contribution in [0.25, 0.3) is 10.9 Å². The van der Waals surface area contributed by atoms with Gasteiger partial charge in [-0.25, -0.2) is 9.78 Å². The Kier molecular flexibility index (Phi) is 5.93. The predicted molar refractivity (Wildman–Crippen MR) is 114 cm³/mol. The first-order chi connectivity index (χ1) is 13.8. The Morgan fingerprint density at radius 3 is 2.79 bits per heavy atom. The maximum Gasteiger partial charge on any atom is 0.350 e. The maximum atomic E-state index is 12.8. The quantitative estimate of drug-likeness (QED) is 0.494. The van der Waals surface area contributed by atoms with Gasteiger partial charge in [0.05, 0.1) is 11.2 Å². The SMILES string of the molecule is C=CCOC(=O)c1sc(NC(=O)C(C)n2c(=O)cc(C)c3ccccc32)nc1C. The Morgan fingerprint density at radius 2 is 2.07 bits per heavy atom. The van der Waals surface area contributed by atoms with E-state index >= 15 is 0 Å². The van der Waals surface area contributed by atoms with Gasteiger partial charge in [0, 0.05) is 11.5 Å². The van der Waals surface area contributed by atoms with Crippen LogP contribution < -0.4 is 10.9 Å². The van der Waals surface area contributed by atoms with Crippen LogP contribution in [-0.4, -0.2) is 28.0 Å². The van der Waals surface area contributed by atoms with Crippen LogP contribution in [0.4, 0.5) is 5.13 Å². The summed E-state index contributed by atoms with van der Waals surface area (Å²) in [6.07, 6.45) is 1.47. The number of nitrogens with one attached hydrogen (secondary N) is 1. The van der Waals surface area contributed by atoms with Crippen molar-refractivity contribution in [3.63, 3.8) is 0 Å². The monoisotopic (exact) mass is 411 g/mol. The number of amides is 1. The molecule has 3 aromatic rings. The molecule has 0 radical (unpaired) electrons. The van der Waals surface area contributed by atoms with Gasteiger partial charge in [-0.3, -0.25) is 14.2 Å². The summed E-state index contributed by atoms with van der Waals surface area (Å²) in [6.45, 7) is 8.78. The van der Waals surface area contributed by atoms with Crippen LogP contribution >= 0.6 is 11.3 Å². The summed E-state index contributed by atoms with van der Waals surface area (Å²) >= 11 is 1.03. The topological polar surface area (TPSA) is 90.3 Å². The number of thiazole rings is 1. The minimum absolute atomic E-state index is 0.0956. The summed E-state index contributed by atoms with van der Waals surface area (Å²) in [6, 6.07) is 8.19. The first-order valence-electron chi connectivity index (χ1n) is 9.00. The predicted octanol–water partition coefficient (Wildman–Crippen LogP) is 3.62. The van der Waals surface area contributed by atoms with E-state index in [0.717, 1.165) is 22.3 Å². The van der Waals surface area contributed by atoms with Crippen molar-refractivity contribution < 1.29 is 14.3 Å². The number of aryl methyl sites for hydroxylation is 2. The Morgan fingerprint density at radius 1 is 1.34 bits per heavy atom. The van der Waals surface area contributed by atoms with Gasteiger partial charge in [0.15, 0.2) is 5.13 Å². The standard InChI is InChI=1S/C21H21N3O4S/c1-5-10-28-20(27)18-13(3)22-21(29-18)23-19(26)14(4)24-16-9-7-6-8-15(16)12(2)11-17(24)25/h5-9,11,14H,1,10H2,2-4H3,(H,22,23,26). The number of nitrogens with zero attached hydrogens (tertiary/aromatic N) is 2. The summed E-state index contributed by atoms with van der Waals surface area (Å²) in [5.41, 5.74) is 1.75. The second-order valence-corrected chi connectivity index (χ2v) is 7.54. The number of rotatable bonds is 6. The lowest BCUT2D eigenvalue weighted by Gasteiger charge is -2.18. The molecular weight excluding hydrogens is 390 g/mol. The molecule has 3 rings (SSSR count). The van der Waals surface area contributed by atoms with Crippen molar-refractivity contribution in [2.24, 2.45) is 0 Å². The summed E-state index contributed by atoms with van der Waals surface area (Å²) < 4.78 is 6.48. The number of ether oxygens (including phenoxy) is 1. The van der Waals surface area contributed by atoms with Crippen LogP contribution in [-0.2, 0) is 9.53 Å². The van der Waals surface area contributed by atoms with Crippen molar-refractivity contribution >= 4 is 39.2 Å². The molecule has 0 fully saturated rings. The number of carbonyl (C=O) groups is 2. The minimum Gasteiger partial charge on any atom is -0.457 e. The van der Waals surface area contributed by atoms with Crippen molar-refractivity contribution in [1.29, 1.82) is 0 Å². The molecule has 29 heavy (non-hydrogen) atoms. The summed E-state index contributed by atoms with van der Waals surface area (Å²) in [5, 5.41) is 3.88. The minimum atomic E-state index is -0.770. The zero-order valence-electron chi connectivity index (χ0n) is 16.4. The molecule has 2 heterocycles. The molecule has 0 saturated heterocycles. The molecule has 1 unspecified atom stereocenters. The number of hydrogen-bond acceptors (Lipinski definition) is 6. The molecule has 0 aliphatic carbocycles. The van der Waals surface area contributed by atoms with Crippen LogP contribution in [0.2, 0.25) is 0 Å². The van der Waals surface area contributed by atoms with Crippen LogP contribution in [0.15, 0.2) is 47.8 Å². The van der Waals surface area contributed by atoms with Crippen molar-refractivity contribution in [3.05, 3.63) is 69.5 Å². The highest BCUT2D eigenvalue weighted by Crippen LogP contribution is 2.25. The first kappa shape index (κ1) is 20.5. The highest BCUT2D eigenvalue weighted by molar-refractivity contribution is 7.17. The van der Waals surface area contributed by atoms with Gasteiger partial charge in [-0.2, -0.15) is 0 Å². The molecule has 150 valence electrons. The average Bonchev–Trinajstić information content (AvgIpc) is 3.06. The summed E-state index contributed by atoms with van der Waals surface area (Å²) in [4.78, 5) is 42.0. The van der Waals surface area contributed by atoms with E-state index in [0.29, 0.717) is 16.1 Å². The lowest BCUT2D eigenvalue weighted by molar-refractivity contribution is -0.118. The highest BCUT2D eigenvalue weighted by Gasteiger charge is 2.22. The highest BCUT2D eigenvalue weighted by atomic mass is 32.1. The van der Waals surface area contributed by atoms with Crippen LogP contribution in [0.1, 0.15) is 33.9 Å². The number of carbonyl (C=O) groups excluding carboxylic acids is 2. The number of benzene rings is 1. The fraction of sp³-hybridized carbons (Fsp3) is 0.238. The zero-order valence-corrected chi connectivity index (χ0v) is 17.2. The second kappa shape index (κ2) is 8.40. The Balaban J connectivity index is 1.88. The Labute approximate surface area is 171 Å². The normalized spacial score (nSPS) is 11.8. The number of aromatic nitrogens is 2. The van der Waals surface area contributed by atoms with Gasteiger partial charge in [-0.15, -0.1) is 0 Å². The molecule has 0 spiro atoms. The van der Waals surface area contributed by atoms with Crippen molar-refractivity contribution in [2.75, 3.05) is 11.9 Å². The molecule has 1 aromatic carbocycles. The van der Waals surface area contributed by atoms with Gasteiger partial charge in [0.1, 0.15) is 17.5 Å². The fourth-order valence-corrected chi connectivity index (χ4v) is 3.90. The zero-order chi connectivity index (χ0) is 21.1. The van der Waals surface area contributed by atoms with Gasteiger partial charge < -0.3 is 10.1 Å². The van der Waals surface area contributed by atoms with E-state index in [9.17, 15) is 14.4 Å². The summed E-state index contributed by atoms with van der Waals surface area (Å²) in [5.74, 6) is -0.921. The van der Waals surface area contributed by atoms with Crippen molar-refractivity contribution in [2.45, 2.75) is 26.8 Å². The third-order valence-corrected chi connectivity index (χ3v) is 5.53. The molecule has 0 bridgehead atoms. The Bertz CT molecular complexity index is 1160. The van der Waals surface area contributed by atoms with Gasteiger partial charge >= 0.3 is 5.97 Å².